The number of aliphatic hydroxyl groups excluding tert-OH is 1. The molecule has 2 amide bonds. The molecule has 8 unspecified atom stereocenters. The quantitative estimate of drug-likeness (QED) is 0.0130. The summed E-state index contributed by atoms with van der Waals surface area (Å²) in [5.74, 6) is 2.27. The maximum atomic E-state index is 13.7. The molecule has 2 aliphatic heterocycles. The van der Waals surface area contributed by atoms with Gasteiger partial charge < -0.3 is 40.2 Å². The number of carbonyl (C=O) groups excluding carboxylic acids is 3. The van der Waals surface area contributed by atoms with Gasteiger partial charge in [-0.05, 0) is 201 Å². The minimum absolute atomic E-state index is 0. The van der Waals surface area contributed by atoms with Crippen molar-refractivity contribution in [3.63, 3.8) is 0 Å². The molecule has 3 saturated carbocycles. The summed E-state index contributed by atoms with van der Waals surface area (Å²) in [6, 6.07) is 62.4. The number of amides is 2. The Bertz CT molecular complexity index is 5350. The number of aromatic carboxylic acids is 1. The van der Waals surface area contributed by atoms with Crippen LogP contribution in [0.4, 0.5) is 5.69 Å². The van der Waals surface area contributed by atoms with Gasteiger partial charge in [0.2, 0.25) is 11.8 Å². The van der Waals surface area contributed by atoms with Crippen molar-refractivity contribution in [1.82, 2.24) is 25.1 Å². The van der Waals surface area contributed by atoms with Gasteiger partial charge in [-0.25, -0.2) is 27.5 Å². The van der Waals surface area contributed by atoms with Crippen LogP contribution in [-0.4, -0.2) is 101 Å². The summed E-state index contributed by atoms with van der Waals surface area (Å²) < 4.78 is 8.48. The number of nitrogens with zero attached hydrogens (tertiary/aromatic N) is 4. The molecule has 8 atom stereocenters. The number of hydrogen-bond donors (Lipinski definition) is 5. The van der Waals surface area contributed by atoms with E-state index in [4.69, 9.17) is 26.6 Å². The van der Waals surface area contributed by atoms with Gasteiger partial charge in [-0.15, -0.1) is 47.2 Å². The Hall–Kier alpha value is -9.75. The van der Waals surface area contributed by atoms with Crippen molar-refractivity contribution in [1.29, 1.82) is 0 Å². The minimum atomic E-state index is -1.14. The average molecular weight is 1690 g/mol. The molecule has 4 aromatic heterocycles. The second-order valence-corrected chi connectivity index (χ2v) is 32.8. The number of fused-ring (bicyclic) bond motifs is 11. The molecule has 1 radical (unpaired) electrons. The first-order valence-electron chi connectivity index (χ1n) is 37.6. The van der Waals surface area contributed by atoms with Crippen LogP contribution in [-0.2, 0) is 29.7 Å². The third-order valence-electron chi connectivity index (χ3n) is 23.8. The molecule has 6 N–H and O–H groups in total. The van der Waals surface area contributed by atoms with Crippen LogP contribution < -0.4 is 16.1 Å². The number of rotatable bonds is 14. The molecule has 0 spiro atoms. The topological polar surface area (TPSA) is 220 Å². The standard InChI is InChI=1S/C56H66N4O9S.2C17H10NS.Ir/c1-32(45-15-16-46-41-11-6-34-28-36(57-50(65)17-10-37(62)27-33(2)61)19-21-55(34,3)47(41)20-22-56(45,46)4)5-18-51(66)59-23-25-60(26-24-59)54(70)58-35-7-12-40(44(29-35)53(67)68)52-42-13-8-38(63)30-48(42)69-49-31-39(64)9-14-43(49)52;2*1-3-7-14-12(5-1)9-10-15(18-14)17-11-13-6-2-4-8-16(13)19-17;/h6-9,12-14,27,29-32,36,41,45-47,61,63H,5,10-11,15-26,28H2,1-4H3,(H,57,65)(H,58,70)(H,67,68);2*1-10H;/q;2*-1;/p+1/b33-27-;;;. The number of ketones is 1. The Morgan fingerprint density at radius 2 is 1.35 bits per heavy atom. The van der Waals surface area contributed by atoms with E-state index >= 15 is 0 Å². The molecule has 4 fully saturated rings. The number of anilines is 1. The van der Waals surface area contributed by atoms with Gasteiger partial charge in [-0.3, -0.25) is 29.1 Å². The van der Waals surface area contributed by atoms with E-state index in [0.29, 0.717) is 101 Å². The van der Waals surface area contributed by atoms with Gasteiger partial charge in [0.25, 0.3) is 0 Å². The number of hydrogen-bond acceptors (Lipinski definition) is 12. The zero-order valence-corrected chi connectivity index (χ0v) is 66.2. The SMILES string of the molecule is C/C(O)=C/C(=[OH+])CCC(=O)NC1CCC2(C)C(=CCC3C2CCC2(C)C(C(C)CCC(=O)N4CCN(C(=S)Nc5ccc(-c6c7ccc(=O)cc-7oc7cc(O)ccc67)c(C(=O)O)c5)CC4)CCC32)C1.[Ir].[c-]1c(-c2ccc3ccccc3n2)sc2ccccc12.[c-]1c(-c2ccc3ccccc3n2)sc2ccccc12. The van der Waals surface area contributed by atoms with Crippen molar-refractivity contribution in [2.24, 2.45) is 40.4 Å². The number of carboxylic acid groups (broad SMARTS) is 1. The number of allylic oxidation sites excluding steroid dienone is 3. The summed E-state index contributed by atoms with van der Waals surface area (Å²) in [5.41, 5.74) is 8.13. The number of aromatic hydroxyl groups is 1. The van der Waals surface area contributed by atoms with Crippen LogP contribution in [0.15, 0.2) is 209 Å². The normalized spacial score (nSPS) is 21.2. The van der Waals surface area contributed by atoms with Gasteiger partial charge >= 0.3 is 11.8 Å². The molecule has 17 rings (SSSR count). The maximum Gasteiger partial charge on any atom is 0.336 e. The molecule has 0 bridgehead atoms. The van der Waals surface area contributed by atoms with Crippen LogP contribution in [0.25, 0.3) is 96.5 Å². The Morgan fingerprint density at radius 1 is 0.716 bits per heavy atom. The second kappa shape index (κ2) is 32.4. The summed E-state index contributed by atoms with van der Waals surface area (Å²) in [6.45, 7) is 11.1. The number of phenolic OH excluding ortho intramolecular Hbond substituents is 1. The van der Waals surface area contributed by atoms with E-state index in [1.54, 1.807) is 53.0 Å². The van der Waals surface area contributed by atoms with Crippen LogP contribution in [0.5, 0.6) is 5.75 Å². The number of piperazine rings is 1. The number of para-hydroxylation sites is 2. The fourth-order valence-electron chi connectivity index (χ4n) is 18.3. The van der Waals surface area contributed by atoms with E-state index in [-0.39, 0.29) is 95.7 Å². The maximum absolute atomic E-state index is 13.7. The molecule has 6 heterocycles. The number of thiocarbonyl (C=S) groups is 1. The summed E-state index contributed by atoms with van der Waals surface area (Å²) in [7, 11) is 0. The zero-order chi connectivity index (χ0) is 75.0. The molecule has 10 aromatic rings. The monoisotopic (exact) mass is 1680 g/mol. The number of aliphatic hydroxyl groups is 1. The van der Waals surface area contributed by atoms with Crippen LogP contribution in [0, 0.1) is 52.6 Å². The smallest absolute Gasteiger partial charge is 0.336 e. The molecule has 15 nitrogen and oxygen atoms in total. The van der Waals surface area contributed by atoms with Gasteiger partial charge in [0.1, 0.15) is 17.1 Å². The van der Waals surface area contributed by atoms with E-state index in [0.717, 1.165) is 75.1 Å². The first kappa shape index (κ1) is 76.0. The third-order valence-corrected chi connectivity index (χ3v) is 26.3. The van der Waals surface area contributed by atoms with Crippen LogP contribution >= 0.6 is 34.9 Å². The van der Waals surface area contributed by atoms with E-state index in [9.17, 15) is 39.3 Å². The summed E-state index contributed by atoms with van der Waals surface area (Å²) in [4.78, 5) is 77.2. The molecule has 109 heavy (non-hydrogen) atoms. The number of thiophene rings is 2. The first-order valence-corrected chi connectivity index (χ1v) is 39.6. The largest absolute Gasteiger partial charge is 0.512 e. The fourth-order valence-corrected chi connectivity index (χ4v) is 20.6. The van der Waals surface area contributed by atoms with Crippen molar-refractivity contribution < 1.29 is 59.0 Å². The van der Waals surface area contributed by atoms with E-state index < -0.39 is 5.97 Å². The number of nitrogens with one attached hydrogen (secondary N) is 2. The number of carbonyl (C=O) groups is 3. The molecule has 5 aliphatic carbocycles. The molecule has 19 heteroatoms. The van der Waals surface area contributed by atoms with E-state index in [1.807, 2.05) is 58.3 Å². The predicted octanol–water partition coefficient (Wildman–Crippen LogP) is 19.9. The van der Waals surface area contributed by atoms with Gasteiger partial charge in [-0.1, -0.05) is 123 Å². The van der Waals surface area contributed by atoms with Gasteiger partial charge in [0, 0.05) is 111 Å². The Kier molecular flexibility index (Phi) is 22.6. The van der Waals surface area contributed by atoms with Crippen molar-refractivity contribution in [3.05, 3.63) is 227 Å². The van der Waals surface area contributed by atoms with Crippen molar-refractivity contribution in [3.8, 4) is 49.3 Å². The number of carboxylic acids is 1. The Labute approximate surface area is 660 Å². The molecular weight excluding hydrogens is 1600 g/mol. The average Bonchev–Trinajstić information content (AvgIpc) is 1.70. The number of aromatic nitrogens is 2. The molecular formula is C90H87IrN6O9S3-. The van der Waals surface area contributed by atoms with Crippen LogP contribution in [0.1, 0.15) is 115 Å². The minimum Gasteiger partial charge on any atom is -0.512 e. The predicted molar refractivity (Wildman–Crippen MR) is 438 cm³/mol. The van der Waals surface area contributed by atoms with Crippen molar-refractivity contribution in [2.45, 2.75) is 111 Å². The van der Waals surface area contributed by atoms with E-state index in [1.165, 1.54) is 88.7 Å². The summed E-state index contributed by atoms with van der Waals surface area (Å²) in [6.07, 6.45) is 14.5. The third kappa shape index (κ3) is 16.2. The molecule has 6 aromatic carbocycles. The first-order chi connectivity index (χ1) is 52.2. The number of benzene rings is 7. The second-order valence-electron chi connectivity index (χ2n) is 30.4. The van der Waals surface area contributed by atoms with E-state index in [2.05, 4.69) is 122 Å². The number of pyridine rings is 2. The molecule has 559 valence electrons. The van der Waals surface area contributed by atoms with Crippen LogP contribution in [0.2, 0.25) is 0 Å². The zero-order valence-electron chi connectivity index (χ0n) is 61.4. The van der Waals surface area contributed by atoms with Gasteiger partial charge in [-0.2, -0.15) is 0 Å². The molecule has 1 saturated heterocycles. The van der Waals surface area contributed by atoms with Gasteiger partial charge in [0.05, 0.1) is 34.9 Å². The van der Waals surface area contributed by atoms with Crippen molar-refractivity contribution >= 4 is 122 Å². The van der Waals surface area contributed by atoms with Gasteiger partial charge in [0.15, 0.2) is 10.5 Å². The van der Waals surface area contributed by atoms with Crippen LogP contribution in [0.3, 0.4) is 0 Å². The molecule has 7 aliphatic rings. The fraction of sp³-hybridized carbons (Fsp3) is 0.311. The Balaban J connectivity index is 0.000000202. The Morgan fingerprint density at radius 3 is 2.00 bits per heavy atom. The summed E-state index contributed by atoms with van der Waals surface area (Å²) in [5, 5.41) is 42.2. The summed E-state index contributed by atoms with van der Waals surface area (Å²) >= 11 is 9.31. The number of phenols is 1. The van der Waals surface area contributed by atoms with Crippen molar-refractivity contribution in [2.75, 3.05) is 31.5 Å².